The molecule has 0 fully saturated rings. The van der Waals surface area contributed by atoms with E-state index >= 15 is 0 Å². The van der Waals surface area contributed by atoms with E-state index in [0.29, 0.717) is 11.3 Å². The summed E-state index contributed by atoms with van der Waals surface area (Å²) in [5.74, 6) is -0.278. The largest absolute Gasteiger partial charge is 0.351 e. The number of carbonyl (C=O) groups is 1. The van der Waals surface area contributed by atoms with Gasteiger partial charge in [0.05, 0.1) is 21.7 Å². The summed E-state index contributed by atoms with van der Waals surface area (Å²) in [6.45, 7) is 2.06. The molecule has 0 aliphatic heterocycles. The van der Waals surface area contributed by atoms with Crippen LogP contribution in [0.3, 0.4) is 0 Å². The summed E-state index contributed by atoms with van der Waals surface area (Å²) >= 11 is 0. The lowest BCUT2D eigenvalue weighted by Crippen LogP contribution is -2.35. The van der Waals surface area contributed by atoms with Crippen molar-refractivity contribution in [3.63, 3.8) is 0 Å². The Hall–Kier alpha value is -2.77. The summed E-state index contributed by atoms with van der Waals surface area (Å²) in [6.07, 6.45) is 0. The van der Waals surface area contributed by atoms with Crippen LogP contribution in [0, 0.1) is 6.92 Å². The molecule has 0 radical (unpaired) electrons. The van der Waals surface area contributed by atoms with Crippen LogP contribution in [0.1, 0.15) is 16.1 Å². The predicted octanol–water partition coefficient (Wildman–Crippen LogP) is 2.25. The van der Waals surface area contributed by atoms with E-state index < -0.39 is 10.0 Å². The summed E-state index contributed by atoms with van der Waals surface area (Å²) in [5, 5.41) is 3.61. The quantitative estimate of drug-likeness (QED) is 0.653. The molecule has 7 heteroatoms. The number of carbonyl (C=O) groups excluding carboxylic acids is 1. The van der Waals surface area contributed by atoms with Gasteiger partial charge in [-0.3, -0.25) is 9.78 Å². The fraction of sp³-hybridized carbons (Fsp3) is 0.158. The number of aryl methyl sites for hydroxylation is 1. The third kappa shape index (κ3) is 4.07. The summed E-state index contributed by atoms with van der Waals surface area (Å²) in [7, 11) is -3.57. The molecule has 0 aliphatic carbocycles. The Morgan fingerprint density at radius 3 is 2.46 bits per heavy atom. The molecule has 0 saturated carbocycles. The molecule has 0 spiro atoms. The van der Waals surface area contributed by atoms with E-state index in [1.807, 2.05) is 24.3 Å². The van der Waals surface area contributed by atoms with Gasteiger partial charge in [-0.25, -0.2) is 13.1 Å². The number of hydrogen-bond donors (Lipinski definition) is 2. The van der Waals surface area contributed by atoms with Gasteiger partial charge in [0.25, 0.3) is 5.91 Å². The first-order chi connectivity index (χ1) is 12.5. The zero-order chi connectivity index (χ0) is 18.6. The van der Waals surface area contributed by atoms with Crippen LogP contribution in [-0.4, -0.2) is 32.4 Å². The van der Waals surface area contributed by atoms with Gasteiger partial charge >= 0.3 is 0 Å². The van der Waals surface area contributed by atoms with E-state index in [4.69, 9.17) is 0 Å². The molecule has 1 heterocycles. The zero-order valence-electron chi connectivity index (χ0n) is 14.3. The number of amides is 1. The van der Waals surface area contributed by atoms with Gasteiger partial charge in [0.2, 0.25) is 10.0 Å². The molecule has 6 nitrogen and oxygen atoms in total. The highest BCUT2D eigenvalue weighted by molar-refractivity contribution is 7.89. The molecule has 0 bridgehead atoms. The van der Waals surface area contributed by atoms with Gasteiger partial charge in [0.1, 0.15) is 0 Å². The number of benzene rings is 2. The number of aromatic nitrogens is 1. The van der Waals surface area contributed by atoms with Crippen LogP contribution in [0.25, 0.3) is 10.9 Å². The highest BCUT2D eigenvalue weighted by Gasteiger charge is 2.14. The molecule has 0 unspecified atom stereocenters. The average Bonchev–Trinajstić information content (AvgIpc) is 2.65. The molecule has 0 aliphatic rings. The number of nitrogens with one attached hydrogen (secondary N) is 2. The highest BCUT2D eigenvalue weighted by atomic mass is 32.2. The van der Waals surface area contributed by atoms with Crippen LogP contribution in [0.4, 0.5) is 0 Å². The van der Waals surface area contributed by atoms with Crippen molar-refractivity contribution in [2.75, 3.05) is 13.1 Å². The number of rotatable bonds is 6. The molecule has 0 atom stereocenters. The minimum atomic E-state index is -3.57. The Balaban J connectivity index is 1.60. The maximum atomic E-state index is 12.4. The van der Waals surface area contributed by atoms with Gasteiger partial charge in [0, 0.05) is 18.5 Å². The van der Waals surface area contributed by atoms with Gasteiger partial charge < -0.3 is 5.32 Å². The predicted molar refractivity (Wildman–Crippen MR) is 100 cm³/mol. The number of fused-ring (bicyclic) bond motifs is 1. The SMILES string of the molecule is Cc1nc2ccccc2cc1C(=O)NCCNS(=O)(=O)c1ccccc1. The second-order valence-corrected chi connectivity index (χ2v) is 7.55. The third-order valence-corrected chi connectivity index (χ3v) is 5.39. The standard InChI is InChI=1S/C19H19N3O3S/c1-14-17(13-15-7-5-6-10-18(15)22-14)19(23)20-11-12-21-26(24,25)16-8-3-2-4-9-16/h2-10,13,21H,11-12H2,1H3,(H,20,23). The molecule has 3 rings (SSSR count). The van der Waals surface area contributed by atoms with E-state index in [1.165, 1.54) is 12.1 Å². The highest BCUT2D eigenvalue weighted by Crippen LogP contribution is 2.16. The second-order valence-electron chi connectivity index (χ2n) is 5.78. The van der Waals surface area contributed by atoms with Crippen LogP contribution in [0.5, 0.6) is 0 Å². The minimum absolute atomic E-state index is 0.100. The van der Waals surface area contributed by atoms with Crippen molar-refractivity contribution in [1.29, 1.82) is 0 Å². The van der Waals surface area contributed by atoms with Crippen molar-refractivity contribution in [2.45, 2.75) is 11.8 Å². The van der Waals surface area contributed by atoms with Crippen LogP contribution in [0.15, 0.2) is 65.6 Å². The fourth-order valence-corrected chi connectivity index (χ4v) is 3.63. The minimum Gasteiger partial charge on any atom is -0.351 e. The fourth-order valence-electron chi connectivity index (χ4n) is 2.58. The molecule has 2 N–H and O–H groups in total. The number of hydrogen-bond acceptors (Lipinski definition) is 4. The van der Waals surface area contributed by atoms with Gasteiger partial charge in [-0.15, -0.1) is 0 Å². The van der Waals surface area contributed by atoms with Gasteiger partial charge in [0.15, 0.2) is 0 Å². The summed E-state index contributed by atoms with van der Waals surface area (Å²) < 4.78 is 26.7. The first-order valence-electron chi connectivity index (χ1n) is 8.17. The normalized spacial score (nSPS) is 11.4. The van der Waals surface area contributed by atoms with Crippen LogP contribution in [0.2, 0.25) is 0 Å². The molecule has 1 amide bonds. The molecule has 3 aromatic rings. The van der Waals surface area contributed by atoms with Crippen molar-refractivity contribution < 1.29 is 13.2 Å². The third-order valence-electron chi connectivity index (χ3n) is 3.92. The molecule has 2 aromatic carbocycles. The van der Waals surface area contributed by atoms with E-state index in [-0.39, 0.29) is 23.9 Å². The van der Waals surface area contributed by atoms with Crippen molar-refractivity contribution in [1.82, 2.24) is 15.0 Å². The lowest BCUT2D eigenvalue weighted by Gasteiger charge is -2.10. The lowest BCUT2D eigenvalue weighted by atomic mass is 10.1. The summed E-state index contributed by atoms with van der Waals surface area (Å²) in [5.41, 5.74) is 1.94. The lowest BCUT2D eigenvalue weighted by molar-refractivity contribution is 0.0953. The zero-order valence-corrected chi connectivity index (χ0v) is 15.1. The summed E-state index contributed by atoms with van der Waals surface area (Å²) in [6, 6.07) is 17.5. The Bertz CT molecular complexity index is 1030. The molecule has 1 aromatic heterocycles. The molecular formula is C19H19N3O3S. The number of pyridine rings is 1. The summed E-state index contributed by atoms with van der Waals surface area (Å²) in [4.78, 5) is 17.0. The first kappa shape index (κ1) is 18.0. The van der Waals surface area contributed by atoms with E-state index in [2.05, 4.69) is 15.0 Å². The van der Waals surface area contributed by atoms with Crippen molar-refractivity contribution in [2.24, 2.45) is 0 Å². The van der Waals surface area contributed by atoms with Crippen molar-refractivity contribution in [3.05, 3.63) is 71.9 Å². The van der Waals surface area contributed by atoms with Gasteiger partial charge in [-0.1, -0.05) is 36.4 Å². The van der Waals surface area contributed by atoms with E-state index in [0.717, 1.165) is 10.9 Å². The van der Waals surface area contributed by atoms with Crippen molar-refractivity contribution >= 4 is 26.8 Å². The van der Waals surface area contributed by atoms with Crippen LogP contribution in [-0.2, 0) is 10.0 Å². The average molecular weight is 369 g/mol. The Kier molecular flexibility index (Phi) is 5.29. The molecular weight excluding hydrogens is 350 g/mol. The van der Waals surface area contributed by atoms with Gasteiger partial charge in [-0.2, -0.15) is 0 Å². The second kappa shape index (κ2) is 7.63. The van der Waals surface area contributed by atoms with Crippen LogP contribution < -0.4 is 10.0 Å². The van der Waals surface area contributed by atoms with Crippen molar-refractivity contribution in [3.8, 4) is 0 Å². The maximum absolute atomic E-state index is 12.4. The Labute approximate surface area is 152 Å². The Morgan fingerprint density at radius 2 is 1.69 bits per heavy atom. The number of sulfonamides is 1. The van der Waals surface area contributed by atoms with E-state index in [1.54, 1.807) is 31.2 Å². The maximum Gasteiger partial charge on any atom is 0.253 e. The topological polar surface area (TPSA) is 88.2 Å². The molecule has 134 valence electrons. The molecule has 26 heavy (non-hydrogen) atoms. The number of nitrogens with zero attached hydrogens (tertiary/aromatic N) is 1. The smallest absolute Gasteiger partial charge is 0.253 e. The molecule has 0 saturated heterocycles. The van der Waals surface area contributed by atoms with Gasteiger partial charge in [-0.05, 0) is 31.2 Å². The first-order valence-corrected chi connectivity index (χ1v) is 9.65. The number of para-hydroxylation sites is 1. The Morgan fingerprint density at radius 1 is 1.00 bits per heavy atom. The monoisotopic (exact) mass is 369 g/mol. The van der Waals surface area contributed by atoms with E-state index in [9.17, 15) is 13.2 Å². The van der Waals surface area contributed by atoms with Crippen LogP contribution >= 0.6 is 0 Å².